The first kappa shape index (κ1) is 11.6. The van der Waals surface area contributed by atoms with Gasteiger partial charge in [0.2, 0.25) is 5.91 Å². The third-order valence-electron chi connectivity index (χ3n) is 1.71. The minimum atomic E-state index is -0.127. The Morgan fingerprint density at radius 2 is 2.31 bits per heavy atom. The first-order valence-electron chi connectivity index (χ1n) is 4.61. The number of carbonyl (C=O) groups excluding carboxylic acids is 1. The van der Waals surface area contributed by atoms with Gasteiger partial charge in [-0.2, -0.15) is 0 Å². The lowest BCUT2D eigenvalue weighted by Crippen LogP contribution is -2.19. The summed E-state index contributed by atoms with van der Waals surface area (Å²) in [7, 11) is 0. The average Bonchev–Trinajstić information content (AvgIpc) is 2.26. The molecular formula is C11H10N4O. The van der Waals surface area contributed by atoms with Gasteiger partial charge in [0.25, 0.3) is 0 Å². The topological polar surface area (TPSA) is 77.9 Å². The third-order valence-corrected chi connectivity index (χ3v) is 1.71. The van der Waals surface area contributed by atoms with E-state index in [2.05, 4.69) is 27.2 Å². The van der Waals surface area contributed by atoms with Crippen molar-refractivity contribution in [3.8, 4) is 11.8 Å². The summed E-state index contributed by atoms with van der Waals surface area (Å²) in [6, 6.07) is 7.01. The molecule has 0 heterocycles. The fourth-order valence-corrected chi connectivity index (χ4v) is 1.02. The average molecular weight is 214 g/mol. The number of carbonyl (C=O) groups is 1. The summed E-state index contributed by atoms with van der Waals surface area (Å²) in [5.41, 5.74) is 9.47. The molecule has 5 nitrogen and oxygen atoms in total. The summed E-state index contributed by atoms with van der Waals surface area (Å²) >= 11 is 0. The molecule has 0 spiro atoms. The van der Waals surface area contributed by atoms with Crippen molar-refractivity contribution in [2.45, 2.75) is 6.92 Å². The summed E-state index contributed by atoms with van der Waals surface area (Å²) in [5, 5.41) is 6.06. The largest absolute Gasteiger partial charge is 0.345 e. The molecule has 0 aliphatic rings. The number of azide groups is 1. The van der Waals surface area contributed by atoms with Crippen LogP contribution >= 0.6 is 0 Å². The van der Waals surface area contributed by atoms with Crippen LogP contribution in [-0.2, 0) is 4.79 Å². The molecule has 5 heteroatoms. The second-order valence-corrected chi connectivity index (χ2v) is 2.92. The van der Waals surface area contributed by atoms with Crippen LogP contribution in [0.25, 0.3) is 10.4 Å². The van der Waals surface area contributed by atoms with Crippen molar-refractivity contribution in [3.63, 3.8) is 0 Å². The molecule has 1 aromatic carbocycles. The molecule has 0 aliphatic carbocycles. The second-order valence-electron chi connectivity index (χ2n) is 2.92. The normalized spacial score (nSPS) is 8.31. The minimum Gasteiger partial charge on any atom is -0.345 e. The van der Waals surface area contributed by atoms with Crippen LogP contribution in [0.2, 0.25) is 0 Å². The van der Waals surface area contributed by atoms with Gasteiger partial charge in [-0.1, -0.05) is 35.2 Å². The molecule has 0 bridgehead atoms. The second kappa shape index (κ2) is 6.12. The molecule has 0 saturated carbocycles. The van der Waals surface area contributed by atoms with Crippen molar-refractivity contribution >= 4 is 11.6 Å². The highest BCUT2D eigenvalue weighted by molar-refractivity contribution is 5.73. The van der Waals surface area contributed by atoms with E-state index in [9.17, 15) is 4.79 Å². The number of rotatable bonds is 2. The van der Waals surface area contributed by atoms with Crippen molar-refractivity contribution in [2.24, 2.45) is 5.11 Å². The molecule has 0 unspecified atom stereocenters. The molecule has 0 aromatic heterocycles. The van der Waals surface area contributed by atoms with Crippen molar-refractivity contribution in [1.82, 2.24) is 5.32 Å². The zero-order valence-electron chi connectivity index (χ0n) is 8.77. The summed E-state index contributed by atoms with van der Waals surface area (Å²) in [4.78, 5) is 13.3. The lowest BCUT2D eigenvalue weighted by Gasteiger charge is -1.95. The Morgan fingerprint density at radius 1 is 1.56 bits per heavy atom. The van der Waals surface area contributed by atoms with Crippen molar-refractivity contribution in [1.29, 1.82) is 0 Å². The highest BCUT2D eigenvalue weighted by atomic mass is 16.1. The number of amides is 1. The third kappa shape index (κ3) is 3.74. The summed E-state index contributed by atoms with van der Waals surface area (Å²) in [6.45, 7) is 1.70. The maximum absolute atomic E-state index is 10.6. The predicted octanol–water partition coefficient (Wildman–Crippen LogP) is 2.12. The fraction of sp³-hybridized carbons (Fsp3) is 0.182. The van der Waals surface area contributed by atoms with Crippen LogP contribution in [0.1, 0.15) is 12.5 Å². The number of nitrogens with zero attached hydrogens (tertiary/aromatic N) is 3. The molecule has 0 saturated heterocycles. The van der Waals surface area contributed by atoms with Gasteiger partial charge in [-0.15, -0.1) is 0 Å². The SMILES string of the molecule is CC(=O)NCC#Cc1ccccc1N=[N+]=[N-]. The Labute approximate surface area is 93.1 Å². The quantitative estimate of drug-likeness (QED) is 0.348. The number of hydrogen-bond donors (Lipinski definition) is 1. The smallest absolute Gasteiger partial charge is 0.217 e. The van der Waals surface area contributed by atoms with Crippen molar-refractivity contribution in [3.05, 3.63) is 40.3 Å². The molecule has 1 rings (SSSR count). The van der Waals surface area contributed by atoms with E-state index in [1.54, 1.807) is 24.3 Å². The van der Waals surface area contributed by atoms with Crippen molar-refractivity contribution in [2.75, 3.05) is 6.54 Å². The Hall–Kier alpha value is -2.44. The summed E-state index contributed by atoms with van der Waals surface area (Å²) in [5.74, 6) is 5.46. The Morgan fingerprint density at radius 3 is 3.00 bits per heavy atom. The van der Waals surface area contributed by atoms with Gasteiger partial charge in [-0.3, -0.25) is 4.79 Å². The Kier molecular flexibility index (Phi) is 4.45. The van der Waals surface area contributed by atoms with Gasteiger partial charge >= 0.3 is 0 Å². The zero-order valence-corrected chi connectivity index (χ0v) is 8.77. The van der Waals surface area contributed by atoms with Crippen LogP contribution in [0.3, 0.4) is 0 Å². The molecule has 0 radical (unpaired) electrons. The van der Waals surface area contributed by atoms with Crippen LogP contribution in [-0.4, -0.2) is 12.5 Å². The van der Waals surface area contributed by atoms with Crippen LogP contribution in [0, 0.1) is 11.8 Å². The van der Waals surface area contributed by atoms with E-state index in [1.165, 1.54) is 6.92 Å². The maximum Gasteiger partial charge on any atom is 0.217 e. The molecule has 16 heavy (non-hydrogen) atoms. The highest BCUT2D eigenvalue weighted by Crippen LogP contribution is 2.17. The van der Waals surface area contributed by atoms with Gasteiger partial charge in [0.05, 0.1) is 12.2 Å². The van der Waals surface area contributed by atoms with E-state index in [0.29, 0.717) is 11.3 Å². The van der Waals surface area contributed by atoms with Crippen LogP contribution < -0.4 is 5.32 Å². The molecule has 0 aliphatic heterocycles. The van der Waals surface area contributed by atoms with E-state index < -0.39 is 0 Å². The number of hydrogen-bond acceptors (Lipinski definition) is 2. The standard InChI is InChI=1S/C11H10N4O/c1-9(16)13-8-4-6-10-5-2-3-7-11(10)14-15-12/h2-3,5,7H,8H2,1H3,(H,13,16). The minimum absolute atomic E-state index is 0.127. The van der Waals surface area contributed by atoms with E-state index in [0.717, 1.165) is 0 Å². The first-order valence-corrected chi connectivity index (χ1v) is 4.61. The van der Waals surface area contributed by atoms with Gasteiger partial charge in [0.1, 0.15) is 0 Å². The predicted molar refractivity (Wildman–Crippen MR) is 60.8 cm³/mol. The van der Waals surface area contributed by atoms with Gasteiger partial charge in [0.15, 0.2) is 0 Å². The van der Waals surface area contributed by atoms with Gasteiger partial charge in [-0.05, 0) is 11.6 Å². The van der Waals surface area contributed by atoms with Gasteiger partial charge < -0.3 is 5.32 Å². The summed E-state index contributed by atoms with van der Waals surface area (Å²) < 4.78 is 0. The Balaban J connectivity index is 2.79. The fourth-order valence-electron chi connectivity index (χ4n) is 1.02. The molecule has 1 aromatic rings. The lowest BCUT2D eigenvalue weighted by atomic mass is 10.2. The van der Waals surface area contributed by atoms with E-state index in [4.69, 9.17) is 5.53 Å². The zero-order chi connectivity index (χ0) is 11.8. The van der Waals surface area contributed by atoms with Crippen LogP contribution in [0.4, 0.5) is 5.69 Å². The number of nitrogens with one attached hydrogen (secondary N) is 1. The Bertz CT molecular complexity index is 492. The lowest BCUT2D eigenvalue weighted by molar-refractivity contribution is -0.118. The van der Waals surface area contributed by atoms with E-state index in [1.807, 2.05) is 0 Å². The maximum atomic E-state index is 10.6. The highest BCUT2D eigenvalue weighted by Gasteiger charge is 1.94. The number of benzene rings is 1. The van der Waals surface area contributed by atoms with Gasteiger partial charge in [-0.25, -0.2) is 0 Å². The summed E-state index contributed by atoms with van der Waals surface area (Å²) in [6.07, 6.45) is 0. The molecule has 0 fully saturated rings. The van der Waals surface area contributed by atoms with E-state index in [-0.39, 0.29) is 12.5 Å². The van der Waals surface area contributed by atoms with Gasteiger partial charge in [0, 0.05) is 17.4 Å². The monoisotopic (exact) mass is 214 g/mol. The molecule has 80 valence electrons. The molecular weight excluding hydrogens is 204 g/mol. The molecule has 1 N–H and O–H groups in total. The molecule has 1 amide bonds. The van der Waals surface area contributed by atoms with Crippen molar-refractivity contribution < 1.29 is 4.79 Å². The van der Waals surface area contributed by atoms with E-state index >= 15 is 0 Å². The van der Waals surface area contributed by atoms with Crippen LogP contribution in [0.5, 0.6) is 0 Å². The van der Waals surface area contributed by atoms with Crippen LogP contribution in [0.15, 0.2) is 29.4 Å². The first-order chi connectivity index (χ1) is 7.74. The molecule has 0 atom stereocenters.